The summed E-state index contributed by atoms with van der Waals surface area (Å²) in [6, 6.07) is 9.08. The monoisotopic (exact) mass is 259 g/mol. The molecular formula is C18H29N. The average molecular weight is 259 g/mol. The van der Waals surface area contributed by atoms with Crippen LogP contribution in [-0.2, 0) is 5.41 Å². The normalized spacial score (nSPS) is 20.9. The molecule has 0 spiro atoms. The minimum Gasteiger partial charge on any atom is -0.311 e. The molecule has 19 heavy (non-hydrogen) atoms. The Morgan fingerprint density at radius 2 is 1.79 bits per heavy atom. The van der Waals surface area contributed by atoms with E-state index in [2.05, 4.69) is 71.1 Å². The van der Waals surface area contributed by atoms with Gasteiger partial charge < -0.3 is 5.32 Å². The van der Waals surface area contributed by atoms with Crippen LogP contribution in [0.15, 0.2) is 24.3 Å². The van der Waals surface area contributed by atoms with E-state index in [4.69, 9.17) is 0 Å². The second-order valence-electron chi connectivity index (χ2n) is 8.27. The van der Waals surface area contributed by atoms with E-state index in [0.29, 0.717) is 10.8 Å². The van der Waals surface area contributed by atoms with E-state index in [-0.39, 0.29) is 5.54 Å². The summed E-state index contributed by atoms with van der Waals surface area (Å²) in [5, 5.41) is 3.72. The topological polar surface area (TPSA) is 12.0 Å². The fourth-order valence-corrected chi connectivity index (χ4v) is 3.62. The molecule has 0 heterocycles. The van der Waals surface area contributed by atoms with E-state index >= 15 is 0 Å². The van der Waals surface area contributed by atoms with Crippen LogP contribution in [0.3, 0.4) is 0 Å². The average Bonchev–Trinajstić information content (AvgIpc) is 2.22. The quantitative estimate of drug-likeness (QED) is 0.846. The van der Waals surface area contributed by atoms with Gasteiger partial charge in [0.1, 0.15) is 0 Å². The fourth-order valence-electron chi connectivity index (χ4n) is 3.62. The third-order valence-electron chi connectivity index (χ3n) is 4.22. The molecule has 106 valence electrons. The van der Waals surface area contributed by atoms with Crippen LogP contribution in [0.25, 0.3) is 0 Å². The molecule has 0 aliphatic heterocycles. The number of aryl methyl sites for hydroxylation is 1. The van der Waals surface area contributed by atoms with Crippen LogP contribution < -0.4 is 5.32 Å². The lowest BCUT2D eigenvalue weighted by Gasteiger charge is -2.55. The van der Waals surface area contributed by atoms with E-state index in [0.717, 1.165) is 6.54 Å². The maximum absolute atomic E-state index is 3.72. The van der Waals surface area contributed by atoms with Crippen molar-refractivity contribution >= 4 is 0 Å². The third kappa shape index (κ3) is 3.39. The summed E-state index contributed by atoms with van der Waals surface area (Å²) < 4.78 is 0. The highest BCUT2D eigenvalue weighted by molar-refractivity contribution is 5.34. The zero-order chi connectivity index (χ0) is 14.3. The van der Waals surface area contributed by atoms with Crippen LogP contribution in [0, 0.1) is 12.3 Å². The second kappa shape index (κ2) is 4.63. The maximum Gasteiger partial charge on any atom is 0.00968 e. The molecule has 0 radical (unpaired) electrons. The molecule has 0 aromatic heterocycles. The van der Waals surface area contributed by atoms with Crippen LogP contribution in [-0.4, -0.2) is 12.1 Å². The molecule has 0 unspecified atom stereocenters. The van der Waals surface area contributed by atoms with Crippen LogP contribution in [0.5, 0.6) is 0 Å². The molecule has 2 rings (SSSR count). The van der Waals surface area contributed by atoms with Crippen LogP contribution in [0.4, 0.5) is 0 Å². The largest absolute Gasteiger partial charge is 0.311 e. The lowest BCUT2D eigenvalue weighted by atomic mass is 9.51. The minimum atomic E-state index is 0.191. The molecule has 0 amide bonds. The summed E-state index contributed by atoms with van der Waals surface area (Å²) in [6.07, 6.45) is 2.57. The van der Waals surface area contributed by atoms with Gasteiger partial charge in [-0.05, 0) is 51.5 Å². The van der Waals surface area contributed by atoms with Crippen LogP contribution >= 0.6 is 0 Å². The Kier molecular flexibility index (Phi) is 3.55. The molecule has 1 aliphatic carbocycles. The van der Waals surface area contributed by atoms with E-state index in [1.54, 1.807) is 0 Å². The van der Waals surface area contributed by atoms with Gasteiger partial charge in [-0.3, -0.25) is 0 Å². The first kappa shape index (κ1) is 14.6. The Balaban J connectivity index is 2.22. The second-order valence-corrected chi connectivity index (χ2v) is 8.27. The van der Waals surface area contributed by atoms with Crippen molar-refractivity contribution in [2.75, 3.05) is 6.54 Å². The van der Waals surface area contributed by atoms with Gasteiger partial charge in [0.15, 0.2) is 0 Å². The Morgan fingerprint density at radius 3 is 2.26 bits per heavy atom. The highest BCUT2D eigenvalue weighted by Gasteiger charge is 2.50. The molecule has 1 heteroatoms. The standard InChI is InChI=1S/C18H29N/c1-14-8-7-9-15(10-14)18(11-17(5,6)12-18)13-19-16(2,3)4/h7-10,19H,11-13H2,1-6H3. The molecule has 0 atom stereocenters. The molecule has 1 aliphatic rings. The Bertz CT molecular complexity index is 443. The highest BCUT2D eigenvalue weighted by Crippen LogP contribution is 2.55. The summed E-state index contributed by atoms with van der Waals surface area (Å²) in [7, 11) is 0. The third-order valence-corrected chi connectivity index (χ3v) is 4.22. The Morgan fingerprint density at radius 1 is 1.16 bits per heavy atom. The molecule has 1 fully saturated rings. The predicted molar refractivity (Wildman–Crippen MR) is 83.6 cm³/mol. The maximum atomic E-state index is 3.72. The predicted octanol–water partition coefficient (Wildman–Crippen LogP) is 4.44. The summed E-state index contributed by atoms with van der Waals surface area (Å²) in [5.74, 6) is 0. The van der Waals surface area contributed by atoms with Crippen molar-refractivity contribution in [1.29, 1.82) is 0 Å². The van der Waals surface area contributed by atoms with E-state index in [9.17, 15) is 0 Å². The first-order valence-corrected chi connectivity index (χ1v) is 7.44. The van der Waals surface area contributed by atoms with Crippen LogP contribution in [0.1, 0.15) is 58.6 Å². The molecule has 1 N–H and O–H groups in total. The van der Waals surface area contributed by atoms with Crippen molar-refractivity contribution in [1.82, 2.24) is 5.32 Å². The Hall–Kier alpha value is -0.820. The number of hydrogen-bond donors (Lipinski definition) is 1. The smallest absolute Gasteiger partial charge is 0.00968 e. The van der Waals surface area contributed by atoms with Crippen LogP contribution in [0.2, 0.25) is 0 Å². The van der Waals surface area contributed by atoms with Crippen molar-refractivity contribution in [3.63, 3.8) is 0 Å². The molecule has 0 bridgehead atoms. The van der Waals surface area contributed by atoms with Gasteiger partial charge in [0.2, 0.25) is 0 Å². The van der Waals surface area contributed by atoms with Crippen molar-refractivity contribution in [2.45, 2.75) is 65.3 Å². The molecule has 1 aromatic carbocycles. The van der Waals surface area contributed by atoms with Gasteiger partial charge in [-0.25, -0.2) is 0 Å². The highest BCUT2D eigenvalue weighted by atomic mass is 15.0. The van der Waals surface area contributed by atoms with Crippen molar-refractivity contribution in [3.8, 4) is 0 Å². The Labute approximate surface area is 118 Å². The molecule has 1 aromatic rings. The fraction of sp³-hybridized carbons (Fsp3) is 0.667. The number of hydrogen-bond acceptors (Lipinski definition) is 1. The van der Waals surface area contributed by atoms with Gasteiger partial charge in [-0.1, -0.05) is 43.7 Å². The molecule has 1 saturated carbocycles. The van der Waals surface area contributed by atoms with Gasteiger partial charge in [-0.2, -0.15) is 0 Å². The lowest BCUT2D eigenvalue weighted by Crippen LogP contribution is -2.55. The minimum absolute atomic E-state index is 0.191. The number of nitrogens with one attached hydrogen (secondary N) is 1. The SMILES string of the molecule is Cc1cccc(C2(CNC(C)(C)C)CC(C)(C)C2)c1. The molecule has 0 saturated heterocycles. The van der Waals surface area contributed by atoms with Gasteiger partial charge >= 0.3 is 0 Å². The zero-order valence-corrected chi connectivity index (χ0v) is 13.4. The van der Waals surface area contributed by atoms with Gasteiger partial charge in [-0.15, -0.1) is 0 Å². The van der Waals surface area contributed by atoms with Gasteiger partial charge in [0, 0.05) is 17.5 Å². The number of rotatable bonds is 3. The zero-order valence-electron chi connectivity index (χ0n) is 13.4. The van der Waals surface area contributed by atoms with Gasteiger partial charge in [0.25, 0.3) is 0 Å². The lowest BCUT2D eigenvalue weighted by molar-refractivity contribution is 0.0512. The van der Waals surface area contributed by atoms with Crippen molar-refractivity contribution in [3.05, 3.63) is 35.4 Å². The first-order valence-electron chi connectivity index (χ1n) is 7.44. The molecular weight excluding hydrogens is 230 g/mol. The summed E-state index contributed by atoms with van der Waals surface area (Å²) in [6.45, 7) is 14.8. The summed E-state index contributed by atoms with van der Waals surface area (Å²) in [5.41, 5.74) is 3.91. The van der Waals surface area contributed by atoms with Crippen molar-refractivity contribution < 1.29 is 0 Å². The van der Waals surface area contributed by atoms with E-state index in [1.807, 2.05) is 0 Å². The first-order chi connectivity index (χ1) is 8.62. The van der Waals surface area contributed by atoms with E-state index < -0.39 is 0 Å². The summed E-state index contributed by atoms with van der Waals surface area (Å²) >= 11 is 0. The number of benzene rings is 1. The van der Waals surface area contributed by atoms with E-state index in [1.165, 1.54) is 24.0 Å². The summed E-state index contributed by atoms with van der Waals surface area (Å²) in [4.78, 5) is 0. The van der Waals surface area contributed by atoms with Crippen molar-refractivity contribution in [2.24, 2.45) is 5.41 Å². The molecule has 1 nitrogen and oxygen atoms in total. The van der Waals surface area contributed by atoms with Gasteiger partial charge in [0.05, 0.1) is 0 Å².